The summed E-state index contributed by atoms with van der Waals surface area (Å²) in [6, 6.07) is 7.18. The maximum atomic E-state index is 12.4. The van der Waals surface area contributed by atoms with E-state index in [1.54, 1.807) is 18.2 Å². The van der Waals surface area contributed by atoms with E-state index in [2.05, 4.69) is 0 Å². The Morgan fingerprint density at radius 1 is 1.14 bits per heavy atom. The summed E-state index contributed by atoms with van der Waals surface area (Å²) >= 11 is 0. The second kappa shape index (κ2) is 3.15. The maximum absolute atomic E-state index is 12.4. The van der Waals surface area contributed by atoms with Crippen molar-refractivity contribution in [2.75, 3.05) is 0 Å². The van der Waals surface area contributed by atoms with Crippen LogP contribution in [0.5, 0.6) is 0 Å². The maximum Gasteiger partial charge on any atom is 0.395 e. The van der Waals surface area contributed by atoms with E-state index in [-0.39, 0.29) is 6.42 Å². The van der Waals surface area contributed by atoms with Gasteiger partial charge in [0.15, 0.2) is 0 Å². The smallest absolute Gasteiger partial charge is 0.170 e. The molecule has 0 bridgehead atoms. The van der Waals surface area contributed by atoms with Gasteiger partial charge in [-0.3, -0.25) is 0 Å². The van der Waals surface area contributed by atoms with Crippen molar-refractivity contribution in [3.63, 3.8) is 0 Å². The molecule has 1 aromatic rings. The molecule has 1 aliphatic rings. The van der Waals surface area contributed by atoms with Crippen LogP contribution in [0.2, 0.25) is 0 Å². The summed E-state index contributed by atoms with van der Waals surface area (Å²) in [5.74, 6) is -1.32. The molecule has 74 valence electrons. The molecule has 0 heterocycles. The highest BCUT2D eigenvalue weighted by atomic mass is 19.4. The summed E-state index contributed by atoms with van der Waals surface area (Å²) in [4.78, 5) is 0. The molecule has 0 radical (unpaired) electrons. The molecule has 0 aromatic heterocycles. The first-order chi connectivity index (χ1) is 6.57. The number of halogens is 3. The molecular formula is C11H9F3. The van der Waals surface area contributed by atoms with Crippen LogP contribution >= 0.6 is 0 Å². The molecule has 14 heavy (non-hydrogen) atoms. The molecule has 3 heteroatoms. The zero-order chi connectivity index (χ0) is 10.2. The van der Waals surface area contributed by atoms with Gasteiger partial charge in [0, 0.05) is 0 Å². The van der Waals surface area contributed by atoms with Crippen LogP contribution < -0.4 is 0 Å². The van der Waals surface area contributed by atoms with E-state index >= 15 is 0 Å². The fourth-order valence-electron chi connectivity index (χ4n) is 1.63. The lowest BCUT2D eigenvalue weighted by atomic mass is 9.89. The van der Waals surface area contributed by atoms with Gasteiger partial charge in [0.25, 0.3) is 0 Å². The summed E-state index contributed by atoms with van der Waals surface area (Å²) in [5.41, 5.74) is 1.67. The van der Waals surface area contributed by atoms with E-state index in [4.69, 9.17) is 0 Å². The monoisotopic (exact) mass is 198 g/mol. The van der Waals surface area contributed by atoms with Gasteiger partial charge in [0.1, 0.15) is 0 Å². The van der Waals surface area contributed by atoms with Gasteiger partial charge in [-0.25, -0.2) is 0 Å². The number of allylic oxidation sites excluding steroid dienone is 1. The van der Waals surface area contributed by atoms with Gasteiger partial charge in [0.2, 0.25) is 0 Å². The van der Waals surface area contributed by atoms with Crippen LogP contribution in [0.25, 0.3) is 6.08 Å². The second-order valence-electron chi connectivity index (χ2n) is 3.41. The summed E-state index contributed by atoms with van der Waals surface area (Å²) < 4.78 is 37.2. The highest BCUT2D eigenvalue weighted by molar-refractivity contribution is 5.56. The molecule has 0 nitrogen and oxygen atoms in total. The predicted molar refractivity (Wildman–Crippen MR) is 48.7 cm³/mol. The van der Waals surface area contributed by atoms with Crippen LogP contribution in [0, 0.1) is 5.92 Å². The number of fused-ring (bicyclic) bond motifs is 1. The highest BCUT2D eigenvalue weighted by Gasteiger charge is 2.38. The fourth-order valence-corrected chi connectivity index (χ4v) is 1.63. The van der Waals surface area contributed by atoms with E-state index in [0.717, 1.165) is 11.1 Å². The molecule has 1 aromatic carbocycles. The van der Waals surface area contributed by atoms with Crippen molar-refractivity contribution in [2.45, 2.75) is 12.6 Å². The Morgan fingerprint density at radius 3 is 2.57 bits per heavy atom. The Balaban J connectivity index is 2.30. The minimum absolute atomic E-state index is 0.0656. The topological polar surface area (TPSA) is 0 Å². The Morgan fingerprint density at radius 2 is 1.86 bits per heavy atom. The van der Waals surface area contributed by atoms with Crippen LogP contribution in [0.4, 0.5) is 13.2 Å². The molecule has 0 N–H and O–H groups in total. The molecule has 1 aliphatic carbocycles. The zero-order valence-corrected chi connectivity index (χ0v) is 7.38. The van der Waals surface area contributed by atoms with Gasteiger partial charge in [-0.1, -0.05) is 36.4 Å². The van der Waals surface area contributed by atoms with E-state index in [1.165, 1.54) is 6.08 Å². The van der Waals surface area contributed by atoms with Crippen LogP contribution in [0.15, 0.2) is 30.3 Å². The molecule has 0 unspecified atom stereocenters. The van der Waals surface area contributed by atoms with Crippen LogP contribution in [-0.2, 0) is 6.42 Å². The van der Waals surface area contributed by atoms with Gasteiger partial charge < -0.3 is 0 Å². The first-order valence-corrected chi connectivity index (χ1v) is 4.40. The molecule has 0 amide bonds. The quantitative estimate of drug-likeness (QED) is 0.599. The van der Waals surface area contributed by atoms with Crippen molar-refractivity contribution < 1.29 is 13.2 Å². The van der Waals surface area contributed by atoms with E-state index in [9.17, 15) is 13.2 Å². The van der Waals surface area contributed by atoms with Crippen LogP contribution in [-0.4, -0.2) is 6.18 Å². The summed E-state index contributed by atoms with van der Waals surface area (Å²) in [6.07, 6.45) is -1.26. The third-order valence-electron chi connectivity index (χ3n) is 2.42. The minimum atomic E-state index is -4.12. The van der Waals surface area contributed by atoms with Crippen molar-refractivity contribution in [3.05, 3.63) is 41.5 Å². The molecule has 1 atom stereocenters. The Hall–Kier alpha value is -1.25. The lowest BCUT2D eigenvalue weighted by molar-refractivity contribution is -0.160. The largest absolute Gasteiger partial charge is 0.395 e. The standard InChI is InChI=1S/C11H9F3/c12-11(13,14)10-6-5-8-3-1-2-4-9(8)7-10/h1-6,10H,7H2/t10-/m0/s1. The van der Waals surface area contributed by atoms with E-state index in [0.29, 0.717) is 0 Å². The normalized spacial score (nSPS) is 20.6. The number of benzene rings is 1. The predicted octanol–water partition coefficient (Wildman–Crippen LogP) is 3.43. The first-order valence-electron chi connectivity index (χ1n) is 4.40. The fraction of sp³-hybridized carbons (Fsp3) is 0.273. The van der Waals surface area contributed by atoms with Gasteiger partial charge in [0.05, 0.1) is 5.92 Å². The molecular weight excluding hydrogens is 189 g/mol. The molecule has 2 rings (SSSR count). The lowest BCUT2D eigenvalue weighted by Crippen LogP contribution is -2.24. The molecule has 0 saturated heterocycles. The molecule has 0 spiro atoms. The van der Waals surface area contributed by atoms with E-state index < -0.39 is 12.1 Å². The third kappa shape index (κ3) is 1.67. The lowest BCUT2D eigenvalue weighted by Gasteiger charge is -2.21. The van der Waals surface area contributed by atoms with Crippen molar-refractivity contribution in [1.29, 1.82) is 0 Å². The molecule has 0 aliphatic heterocycles. The number of hydrogen-bond acceptors (Lipinski definition) is 0. The van der Waals surface area contributed by atoms with Crippen LogP contribution in [0.3, 0.4) is 0 Å². The number of rotatable bonds is 0. The van der Waals surface area contributed by atoms with Gasteiger partial charge in [-0.15, -0.1) is 0 Å². The highest BCUT2D eigenvalue weighted by Crippen LogP contribution is 2.34. The summed E-state index contributed by atoms with van der Waals surface area (Å²) in [7, 11) is 0. The first kappa shape index (κ1) is 9.31. The van der Waals surface area contributed by atoms with Crippen molar-refractivity contribution >= 4 is 6.08 Å². The van der Waals surface area contributed by atoms with Gasteiger partial charge >= 0.3 is 6.18 Å². The van der Waals surface area contributed by atoms with Crippen molar-refractivity contribution in [1.82, 2.24) is 0 Å². The Labute approximate surface area is 80.1 Å². The van der Waals surface area contributed by atoms with E-state index in [1.807, 2.05) is 12.1 Å². The SMILES string of the molecule is FC(F)(F)[C@H]1C=Cc2ccccc2C1. The van der Waals surface area contributed by atoms with Crippen molar-refractivity contribution in [2.24, 2.45) is 5.92 Å². The summed E-state index contributed by atoms with van der Waals surface area (Å²) in [6.45, 7) is 0. The molecule has 0 fully saturated rings. The minimum Gasteiger partial charge on any atom is -0.170 e. The third-order valence-corrected chi connectivity index (χ3v) is 2.42. The average Bonchev–Trinajstić information content (AvgIpc) is 2.16. The summed E-state index contributed by atoms with van der Waals surface area (Å²) in [5, 5.41) is 0. The number of hydrogen-bond donors (Lipinski definition) is 0. The van der Waals surface area contributed by atoms with Crippen molar-refractivity contribution in [3.8, 4) is 0 Å². The second-order valence-corrected chi connectivity index (χ2v) is 3.41. The Bertz CT molecular complexity index is 363. The Kier molecular flexibility index (Phi) is 2.10. The number of alkyl halides is 3. The van der Waals surface area contributed by atoms with Gasteiger partial charge in [-0.05, 0) is 17.5 Å². The molecule has 0 saturated carbocycles. The average molecular weight is 198 g/mol. The zero-order valence-electron chi connectivity index (χ0n) is 7.38. The van der Waals surface area contributed by atoms with Crippen LogP contribution in [0.1, 0.15) is 11.1 Å². The van der Waals surface area contributed by atoms with Gasteiger partial charge in [-0.2, -0.15) is 13.2 Å².